The quantitative estimate of drug-likeness (QED) is 0.518. The summed E-state index contributed by atoms with van der Waals surface area (Å²) in [4.78, 5) is 0. The van der Waals surface area contributed by atoms with E-state index in [1.807, 2.05) is 0 Å². The Balaban J connectivity index is 2.52. The lowest BCUT2D eigenvalue weighted by Crippen LogP contribution is -2.24. The fourth-order valence-electron chi connectivity index (χ4n) is 2.75. The van der Waals surface area contributed by atoms with Gasteiger partial charge in [-0.1, -0.05) is 25.1 Å². The number of hydrazone groups is 1. The molecule has 0 radical (unpaired) electrons. The predicted octanol–water partition coefficient (Wildman–Crippen LogP) is 3.13. The largest absolute Gasteiger partial charge is 0.375 e. The average Bonchev–Trinajstić information content (AvgIpc) is 2.73. The number of nitrogens with one attached hydrogen (secondary N) is 1. The fourth-order valence-corrected chi connectivity index (χ4v) is 2.81. The molecule has 0 saturated heterocycles. The molecule has 0 aliphatic heterocycles. The van der Waals surface area contributed by atoms with Crippen molar-refractivity contribution < 1.29 is 0 Å². The Morgan fingerprint density at radius 2 is 2.09 bits per heavy atom. The Kier molecular flexibility index (Phi) is 4.98. The second-order valence-corrected chi connectivity index (χ2v) is 5.77. The van der Waals surface area contributed by atoms with Gasteiger partial charge in [-0.25, -0.2) is 0 Å². The number of thiocarbonyl (C=S) groups is 1. The van der Waals surface area contributed by atoms with Crippen molar-refractivity contribution in [3.8, 4) is 5.69 Å². The summed E-state index contributed by atoms with van der Waals surface area (Å²) < 4.78 is 2.29. The highest BCUT2D eigenvalue weighted by Crippen LogP contribution is 2.26. The highest BCUT2D eigenvalue weighted by atomic mass is 32.1. The van der Waals surface area contributed by atoms with Crippen LogP contribution in [0.25, 0.3) is 5.69 Å². The van der Waals surface area contributed by atoms with Gasteiger partial charge >= 0.3 is 0 Å². The topological polar surface area (TPSA) is 55.3 Å². The molecule has 0 unspecified atom stereocenters. The highest BCUT2D eigenvalue weighted by molar-refractivity contribution is 7.80. The van der Waals surface area contributed by atoms with Crippen molar-refractivity contribution >= 4 is 23.5 Å². The molecule has 5 heteroatoms. The van der Waals surface area contributed by atoms with Gasteiger partial charge < -0.3 is 10.3 Å². The third-order valence-corrected chi connectivity index (χ3v) is 3.87. The molecule has 0 aliphatic rings. The van der Waals surface area contributed by atoms with Crippen LogP contribution in [0.5, 0.6) is 0 Å². The minimum absolute atomic E-state index is 0.164. The Bertz CT molecular complexity index is 729. The normalized spacial score (nSPS) is 11.1. The molecule has 0 atom stereocenters. The minimum atomic E-state index is 0.164. The van der Waals surface area contributed by atoms with Gasteiger partial charge in [-0.2, -0.15) is 5.10 Å². The molecule has 2 aromatic rings. The summed E-state index contributed by atoms with van der Waals surface area (Å²) in [5, 5.41) is 4.22. The third-order valence-electron chi connectivity index (χ3n) is 3.77. The van der Waals surface area contributed by atoms with Crippen LogP contribution in [-0.4, -0.2) is 15.9 Å². The summed E-state index contributed by atoms with van der Waals surface area (Å²) in [6.45, 7) is 8.54. The first-order valence-corrected chi connectivity index (χ1v) is 7.72. The van der Waals surface area contributed by atoms with Gasteiger partial charge in [0.2, 0.25) is 0 Å². The zero-order valence-electron chi connectivity index (χ0n) is 13.5. The number of para-hydroxylation sites is 1. The van der Waals surface area contributed by atoms with Crippen LogP contribution in [0.1, 0.15) is 35.0 Å². The van der Waals surface area contributed by atoms with Gasteiger partial charge in [-0.15, -0.1) is 0 Å². The maximum Gasteiger partial charge on any atom is 0.184 e. The van der Waals surface area contributed by atoms with Crippen molar-refractivity contribution in [2.24, 2.45) is 10.8 Å². The van der Waals surface area contributed by atoms with Crippen molar-refractivity contribution in [1.29, 1.82) is 0 Å². The molecule has 0 spiro atoms. The second-order valence-electron chi connectivity index (χ2n) is 5.33. The van der Waals surface area contributed by atoms with Crippen LogP contribution in [0.3, 0.4) is 0 Å². The Morgan fingerprint density at radius 3 is 2.73 bits per heavy atom. The van der Waals surface area contributed by atoms with Gasteiger partial charge in [0.05, 0.1) is 11.9 Å². The number of nitrogens with zero attached hydrogens (tertiary/aromatic N) is 2. The molecule has 1 aromatic carbocycles. The molecule has 4 nitrogen and oxygen atoms in total. The predicted molar refractivity (Wildman–Crippen MR) is 96.9 cm³/mol. The number of aromatic nitrogens is 1. The Labute approximate surface area is 137 Å². The summed E-state index contributed by atoms with van der Waals surface area (Å²) in [6, 6.07) is 8.56. The van der Waals surface area contributed by atoms with Gasteiger partial charge in [0.25, 0.3) is 0 Å². The SMILES string of the molecule is CCc1cccc(C)c1-n1c(C)cc(/C=N\NC(N)=S)c1C. The molecule has 0 bridgehead atoms. The van der Waals surface area contributed by atoms with Crippen LogP contribution >= 0.6 is 12.2 Å². The van der Waals surface area contributed by atoms with Gasteiger partial charge in [0.1, 0.15) is 0 Å². The molecule has 1 heterocycles. The highest BCUT2D eigenvalue weighted by Gasteiger charge is 2.13. The van der Waals surface area contributed by atoms with Crippen LogP contribution in [0.2, 0.25) is 0 Å². The lowest BCUT2D eigenvalue weighted by molar-refractivity contribution is 0.925. The van der Waals surface area contributed by atoms with E-state index < -0.39 is 0 Å². The zero-order chi connectivity index (χ0) is 16.3. The molecule has 116 valence electrons. The molecule has 1 aromatic heterocycles. The fraction of sp³-hybridized carbons (Fsp3) is 0.294. The van der Waals surface area contributed by atoms with Gasteiger partial charge in [0, 0.05) is 17.0 Å². The number of benzene rings is 1. The summed E-state index contributed by atoms with van der Waals surface area (Å²) in [7, 11) is 0. The van der Waals surface area contributed by atoms with E-state index in [9.17, 15) is 0 Å². The third kappa shape index (κ3) is 3.20. The minimum Gasteiger partial charge on any atom is -0.375 e. The number of hydrogen-bond donors (Lipinski definition) is 2. The molecule has 2 rings (SSSR count). The maximum atomic E-state index is 5.38. The first-order valence-electron chi connectivity index (χ1n) is 7.32. The molecule has 0 aliphatic carbocycles. The molecule has 0 saturated carbocycles. The maximum absolute atomic E-state index is 5.38. The smallest absolute Gasteiger partial charge is 0.184 e. The van der Waals surface area contributed by atoms with Crippen molar-refractivity contribution in [3.05, 3.63) is 52.3 Å². The monoisotopic (exact) mass is 314 g/mol. The van der Waals surface area contributed by atoms with Crippen molar-refractivity contribution in [2.45, 2.75) is 34.1 Å². The van der Waals surface area contributed by atoms with Crippen LogP contribution in [0.15, 0.2) is 29.4 Å². The number of aryl methyl sites for hydroxylation is 3. The average molecular weight is 314 g/mol. The second kappa shape index (κ2) is 6.75. The first kappa shape index (κ1) is 16.2. The Morgan fingerprint density at radius 1 is 1.36 bits per heavy atom. The lowest BCUT2D eigenvalue weighted by Gasteiger charge is -2.17. The summed E-state index contributed by atoms with van der Waals surface area (Å²) in [5.41, 5.74) is 15.2. The molecule has 0 amide bonds. The van der Waals surface area contributed by atoms with E-state index in [-0.39, 0.29) is 5.11 Å². The van der Waals surface area contributed by atoms with Crippen molar-refractivity contribution in [2.75, 3.05) is 0 Å². The van der Waals surface area contributed by atoms with Gasteiger partial charge in [-0.05, 0) is 56.6 Å². The number of rotatable bonds is 4. The van der Waals surface area contributed by atoms with Crippen LogP contribution in [0.4, 0.5) is 0 Å². The Hall–Kier alpha value is -2.14. The van der Waals surface area contributed by atoms with E-state index in [2.05, 4.69) is 67.1 Å². The zero-order valence-corrected chi connectivity index (χ0v) is 14.3. The van der Waals surface area contributed by atoms with E-state index in [1.165, 1.54) is 22.5 Å². The summed E-state index contributed by atoms with van der Waals surface area (Å²) in [6.07, 6.45) is 2.75. The molecule has 3 N–H and O–H groups in total. The summed E-state index contributed by atoms with van der Waals surface area (Å²) in [5.74, 6) is 0. The number of nitrogens with two attached hydrogens (primary N) is 1. The molecule has 0 fully saturated rings. The first-order chi connectivity index (χ1) is 10.5. The van der Waals surface area contributed by atoms with E-state index in [4.69, 9.17) is 18.0 Å². The van der Waals surface area contributed by atoms with E-state index in [0.29, 0.717) is 0 Å². The molecule has 22 heavy (non-hydrogen) atoms. The molecular weight excluding hydrogens is 292 g/mol. The van der Waals surface area contributed by atoms with Crippen LogP contribution < -0.4 is 11.2 Å². The standard InChI is InChI=1S/C17H22N4S/c1-5-14-8-6-7-11(2)16(14)21-12(3)9-15(13(21)4)10-19-20-17(18)22/h6-10H,5H2,1-4H3,(H3,18,20,22)/b19-10-. The van der Waals surface area contributed by atoms with Crippen molar-refractivity contribution in [3.63, 3.8) is 0 Å². The summed E-state index contributed by atoms with van der Waals surface area (Å²) >= 11 is 4.75. The van der Waals surface area contributed by atoms with Crippen LogP contribution in [0, 0.1) is 20.8 Å². The molecular formula is C17H22N4S. The van der Waals surface area contributed by atoms with Gasteiger partial charge in [-0.3, -0.25) is 5.43 Å². The van der Waals surface area contributed by atoms with E-state index in [1.54, 1.807) is 6.21 Å². The van der Waals surface area contributed by atoms with Crippen molar-refractivity contribution in [1.82, 2.24) is 9.99 Å². The lowest BCUT2D eigenvalue weighted by atomic mass is 10.1. The number of hydrogen-bond acceptors (Lipinski definition) is 2. The van der Waals surface area contributed by atoms with E-state index in [0.717, 1.165) is 17.7 Å². The van der Waals surface area contributed by atoms with E-state index >= 15 is 0 Å². The van der Waals surface area contributed by atoms with Gasteiger partial charge in [0.15, 0.2) is 5.11 Å². The van der Waals surface area contributed by atoms with Crippen LogP contribution in [-0.2, 0) is 6.42 Å².